The van der Waals surface area contributed by atoms with Crippen LogP contribution in [0.3, 0.4) is 0 Å². The zero-order valence-electron chi connectivity index (χ0n) is 15.9. The summed E-state index contributed by atoms with van der Waals surface area (Å²) in [5, 5.41) is 4.09. The normalized spacial score (nSPS) is 13.3. The Morgan fingerprint density at radius 1 is 0.967 bits per heavy atom. The fourth-order valence-electron chi connectivity index (χ4n) is 3.20. The van der Waals surface area contributed by atoms with Gasteiger partial charge in [-0.05, 0) is 60.2 Å². The molecule has 0 aromatic heterocycles. The number of anilines is 1. The summed E-state index contributed by atoms with van der Waals surface area (Å²) in [4.78, 5) is 26.7. The molecule has 0 atom stereocenters. The number of fused-ring (bicyclic) bond motifs is 1. The Kier molecular flexibility index (Phi) is 5.93. The molecule has 0 spiro atoms. The standard InChI is InChI=1S/C23H18Cl2N2O3/c24-18-5-1-15(2-6-18)12-27-13-17-11-20(9-10-21(17)30-14-22(27)28)26-23(29)16-3-7-19(25)8-4-16/h1-11H,12-14H2,(H,26,29). The third-order valence-corrected chi connectivity index (χ3v) is 5.28. The van der Waals surface area contributed by atoms with Gasteiger partial charge in [-0.3, -0.25) is 9.59 Å². The minimum atomic E-state index is -0.241. The van der Waals surface area contributed by atoms with E-state index in [9.17, 15) is 9.59 Å². The van der Waals surface area contributed by atoms with Crippen molar-refractivity contribution >= 4 is 40.7 Å². The van der Waals surface area contributed by atoms with Crippen molar-refractivity contribution in [2.24, 2.45) is 0 Å². The van der Waals surface area contributed by atoms with E-state index in [1.165, 1.54) is 0 Å². The molecule has 2 amide bonds. The molecule has 0 aliphatic carbocycles. The second-order valence-corrected chi connectivity index (χ2v) is 7.82. The van der Waals surface area contributed by atoms with Crippen LogP contribution in [0.25, 0.3) is 0 Å². The van der Waals surface area contributed by atoms with Crippen LogP contribution in [0.1, 0.15) is 21.5 Å². The second-order valence-electron chi connectivity index (χ2n) is 6.95. The van der Waals surface area contributed by atoms with Crippen LogP contribution in [0.15, 0.2) is 66.7 Å². The number of amides is 2. The molecular formula is C23H18Cl2N2O3. The van der Waals surface area contributed by atoms with Crippen molar-refractivity contribution < 1.29 is 14.3 Å². The lowest BCUT2D eigenvalue weighted by atomic mass is 10.1. The predicted octanol–water partition coefficient (Wildman–Crippen LogP) is 5.17. The molecule has 152 valence electrons. The van der Waals surface area contributed by atoms with Gasteiger partial charge in [0.05, 0.1) is 0 Å². The average molecular weight is 441 g/mol. The van der Waals surface area contributed by atoms with Crippen molar-refractivity contribution in [1.29, 1.82) is 0 Å². The van der Waals surface area contributed by atoms with E-state index in [4.69, 9.17) is 27.9 Å². The summed E-state index contributed by atoms with van der Waals surface area (Å²) in [6.07, 6.45) is 0. The van der Waals surface area contributed by atoms with Crippen molar-refractivity contribution in [3.8, 4) is 5.75 Å². The van der Waals surface area contributed by atoms with Gasteiger partial charge in [0.25, 0.3) is 11.8 Å². The number of rotatable bonds is 4. The molecule has 4 rings (SSSR count). The maximum atomic E-state index is 12.5. The number of benzene rings is 3. The van der Waals surface area contributed by atoms with Crippen LogP contribution < -0.4 is 10.1 Å². The highest BCUT2D eigenvalue weighted by molar-refractivity contribution is 6.30. The lowest BCUT2D eigenvalue weighted by Crippen LogP contribution is -2.31. The minimum absolute atomic E-state index is 0.0307. The van der Waals surface area contributed by atoms with Crippen LogP contribution in [0, 0.1) is 0 Å². The quantitative estimate of drug-likeness (QED) is 0.608. The summed E-state index contributed by atoms with van der Waals surface area (Å²) in [7, 11) is 0. The smallest absolute Gasteiger partial charge is 0.261 e. The van der Waals surface area contributed by atoms with Gasteiger partial charge in [-0.2, -0.15) is 0 Å². The predicted molar refractivity (Wildman–Crippen MR) is 117 cm³/mol. The zero-order valence-corrected chi connectivity index (χ0v) is 17.4. The third-order valence-electron chi connectivity index (χ3n) is 4.78. The van der Waals surface area contributed by atoms with Gasteiger partial charge >= 0.3 is 0 Å². The summed E-state index contributed by atoms with van der Waals surface area (Å²) in [5.41, 5.74) is 2.93. The summed E-state index contributed by atoms with van der Waals surface area (Å²) in [6.45, 7) is 0.790. The van der Waals surface area contributed by atoms with E-state index in [2.05, 4.69) is 5.32 Å². The van der Waals surface area contributed by atoms with Crippen molar-refractivity contribution in [2.45, 2.75) is 13.1 Å². The molecule has 1 heterocycles. The number of ether oxygens (including phenoxy) is 1. The minimum Gasteiger partial charge on any atom is -0.483 e. The highest BCUT2D eigenvalue weighted by Gasteiger charge is 2.22. The Hall–Kier alpha value is -3.02. The van der Waals surface area contributed by atoms with Gasteiger partial charge in [0.1, 0.15) is 5.75 Å². The number of nitrogens with one attached hydrogen (secondary N) is 1. The van der Waals surface area contributed by atoms with Crippen LogP contribution >= 0.6 is 23.2 Å². The van der Waals surface area contributed by atoms with Gasteiger partial charge in [-0.1, -0.05) is 35.3 Å². The van der Waals surface area contributed by atoms with Crippen LogP contribution in [0.2, 0.25) is 10.0 Å². The van der Waals surface area contributed by atoms with Crippen molar-refractivity contribution in [3.05, 3.63) is 93.5 Å². The molecule has 30 heavy (non-hydrogen) atoms. The largest absolute Gasteiger partial charge is 0.483 e. The first kappa shape index (κ1) is 20.3. The molecule has 0 radical (unpaired) electrons. The fraction of sp³-hybridized carbons (Fsp3) is 0.130. The van der Waals surface area contributed by atoms with E-state index < -0.39 is 0 Å². The first-order valence-electron chi connectivity index (χ1n) is 9.33. The SMILES string of the molecule is O=C(Nc1ccc2c(c1)CN(Cc1ccc(Cl)cc1)C(=O)CO2)c1ccc(Cl)cc1. The van der Waals surface area contributed by atoms with E-state index in [-0.39, 0.29) is 18.4 Å². The van der Waals surface area contributed by atoms with E-state index in [0.717, 1.165) is 11.1 Å². The lowest BCUT2D eigenvalue weighted by Gasteiger charge is -2.20. The van der Waals surface area contributed by atoms with E-state index in [1.807, 2.05) is 18.2 Å². The molecule has 5 nitrogen and oxygen atoms in total. The number of halogens is 2. The highest BCUT2D eigenvalue weighted by Crippen LogP contribution is 2.28. The average Bonchev–Trinajstić information content (AvgIpc) is 2.89. The van der Waals surface area contributed by atoms with Gasteiger partial charge in [0.2, 0.25) is 0 Å². The molecule has 0 saturated heterocycles. The summed E-state index contributed by atoms with van der Waals surface area (Å²) in [5.74, 6) is 0.287. The summed E-state index contributed by atoms with van der Waals surface area (Å²) in [6, 6.07) is 19.4. The van der Waals surface area contributed by atoms with Crippen molar-refractivity contribution in [1.82, 2.24) is 4.90 Å². The van der Waals surface area contributed by atoms with Crippen LogP contribution in [0.4, 0.5) is 5.69 Å². The van der Waals surface area contributed by atoms with Crippen molar-refractivity contribution in [3.63, 3.8) is 0 Å². The zero-order chi connectivity index (χ0) is 21.1. The highest BCUT2D eigenvalue weighted by atomic mass is 35.5. The van der Waals surface area contributed by atoms with Crippen LogP contribution in [-0.2, 0) is 17.9 Å². The third kappa shape index (κ3) is 4.75. The molecule has 3 aromatic rings. The number of hydrogen-bond donors (Lipinski definition) is 1. The van der Waals surface area contributed by atoms with Gasteiger partial charge in [-0.15, -0.1) is 0 Å². The van der Waals surface area contributed by atoms with Gasteiger partial charge < -0.3 is 15.0 Å². The van der Waals surface area contributed by atoms with Crippen LogP contribution in [0.5, 0.6) is 5.75 Å². The Balaban J connectivity index is 1.52. The maximum Gasteiger partial charge on any atom is 0.261 e. The second kappa shape index (κ2) is 8.78. The molecular weight excluding hydrogens is 423 g/mol. The molecule has 0 saturated carbocycles. The Morgan fingerprint density at radius 3 is 2.33 bits per heavy atom. The van der Waals surface area contributed by atoms with Crippen LogP contribution in [-0.4, -0.2) is 23.3 Å². The van der Waals surface area contributed by atoms with Crippen molar-refractivity contribution in [2.75, 3.05) is 11.9 Å². The fourth-order valence-corrected chi connectivity index (χ4v) is 3.46. The molecule has 1 aliphatic rings. The number of hydrogen-bond acceptors (Lipinski definition) is 3. The Labute approximate surface area is 184 Å². The van der Waals surface area contributed by atoms with E-state index in [1.54, 1.807) is 53.4 Å². The topological polar surface area (TPSA) is 58.6 Å². The first-order valence-corrected chi connectivity index (χ1v) is 10.1. The van der Waals surface area contributed by atoms with Gasteiger partial charge in [0.15, 0.2) is 6.61 Å². The summed E-state index contributed by atoms with van der Waals surface area (Å²) < 4.78 is 5.67. The maximum absolute atomic E-state index is 12.5. The number of carbonyl (C=O) groups excluding carboxylic acids is 2. The monoisotopic (exact) mass is 440 g/mol. The lowest BCUT2D eigenvalue weighted by molar-refractivity contribution is -0.133. The first-order chi connectivity index (χ1) is 14.5. The van der Waals surface area contributed by atoms with E-state index in [0.29, 0.717) is 40.1 Å². The molecule has 0 fully saturated rings. The molecule has 1 N–H and O–H groups in total. The summed E-state index contributed by atoms with van der Waals surface area (Å²) >= 11 is 11.8. The molecule has 7 heteroatoms. The molecule has 3 aromatic carbocycles. The Bertz CT molecular complexity index is 1080. The van der Waals surface area contributed by atoms with E-state index >= 15 is 0 Å². The van der Waals surface area contributed by atoms with Gasteiger partial charge in [0, 0.05) is 39.9 Å². The number of nitrogens with zero attached hydrogens (tertiary/aromatic N) is 1. The number of carbonyl (C=O) groups is 2. The Morgan fingerprint density at radius 2 is 1.63 bits per heavy atom. The molecule has 0 bridgehead atoms. The molecule has 0 unspecified atom stereocenters. The molecule has 1 aliphatic heterocycles. The van der Waals surface area contributed by atoms with Gasteiger partial charge in [-0.25, -0.2) is 0 Å².